The first kappa shape index (κ1) is 26.1. The molecule has 0 unspecified atom stereocenters. The molecular formula is C26H25F3N8O2. The van der Waals surface area contributed by atoms with Gasteiger partial charge in [-0.1, -0.05) is 18.2 Å². The Hall–Kier alpha value is -4.52. The van der Waals surface area contributed by atoms with Crippen molar-refractivity contribution >= 4 is 34.7 Å². The highest BCUT2D eigenvalue weighted by Crippen LogP contribution is 2.28. The number of carbonyl (C=O) groups is 2. The molecule has 3 heterocycles. The maximum Gasteiger partial charge on any atom is 0.419 e. The molecule has 0 radical (unpaired) electrons. The molecule has 13 heteroatoms. The zero-order chi connectivity index (χ0) is 27.6. The Bertz CT molecular complexity index is 1480. The van der Waals surface area contributed by atoms with E-state index in [0.717, 1.165) is 43.9 Å². The molecule has 1 fully saturated rings. The quantitative estimate of drug-likeness (QED) is 0.280. The molecule has 4 aromatic rings. The van der Waals surface area contributed by atoms with Crippen molar-refractivity contribution in [3.05, 3.63) is 77.1 Å². The van der Waals surface area contributed by atoms with Crippen LogP contribution in [0.25, 0.3) is 11.0 Å². The average molecular weight is 539 g/mol. The van der Waals surface area contributed by atoms with Gasteiger partial charge < -0.3 is 16.0 Å². The van der Waals surface area contributed by atoms with Crippen molar-refractivity contribution in [2.75, 3.05) is 23.7 Å². The maximum absolute atomic E-state index is 12.7. The van der Waals surface area contributed by atoms with Crippen LogP contribution in [-0.4, -0.2) is 55.8 Å². The summed E-state index contributed by atoms with van der Waals surface area (Å²) in [6.45, 7) is 2.28. The zero-order valence-electron chi connectivity index (χ0n) is 20.6. The first-order chi connectivity index (χ1) is 18.7. The van der Waals surface area contributed by atoms with E-state index in [2.05, 4.69) is 35.5 Å². The van der Waals surface area contributed by atoms with Gasteiger partial charge in [0.1, 0.15) is 5.52 Å². The number of rotatable bonds is 7. The molecule has 0 aliphatic carbocycles. The number of primary amides is 1. The Morgan fingerprint density at radius 3 is 2.38 bits per heavy atom. The fourth-order valence-corrected chi connectivity index (χ4v) is 4.46. The van der Waals surface area contributed by atoms with E-state index < -0.39 is 17.6 Å². The first-order valence-corrected chi connectivity index (χ1v) is 12.2. The van der Waals surface area contributed by atoms with Crippen LogP contribution in [0.15, 0.2) is 54.9 Å². The van der Waals surface area contributed by atoms with Gasteiger partial charge in [-0.25, -0.2) is 15.0 Å². The molecule has 2 aromatic heterocycles. The molecule has 2 aromatic carbocycles. The third kappa shape index (κ3) is 6.14. The standard InChI is InChI=1S/C26H25F3N8O2/c27-26(28,29)17-12-31-24(32-13-17)33-18-8-10-37(11-9-18)14-15-4-6-16(7-5-15)23(39)36-25-34-20-3-1-2-19(22(30)38)21(20)35-25/h1-7,12-13,18H,8-11,14H2,(H2,30,38)(H,31,32,33)(H2,34,35,36,39). The number of imidazole rings is 1. The first-order valence-electron chi connectivity index (χ1n) is 12.2. The van der Waals surface area contributed by atoms with Gasteiger partial charge in [-0.3, -0.25) is 19.8 Å². The summed E-state index contributed by atoms with van der Waals surface area (Å²) in [4.78, 5) is 41.4. The third-order valence-corrected chi connectivity index (χ3v) is 6.53. The van der Waals surface area contributed by atoms with E-state index in [9.17, 15) is 22.8 Å². The largest absolute Gasteiger partial charge is 0.419 e. The van der Waals surface area contributed by atoms with Crippen LogP contribution >= 0.6 is 0 Å². The van der Waals surface area contributed by atoms with Crippen LogP contribution in [0.1, 0.15) is 44.7 Å². The SMILES string of the molecule is NC(=O)c1cccc2[nH]c(NC(=O)c3ccc(CN4CCC(Nc5ncc(C(F)(F)F)cn5)CC4)cc3)nc12. The number of amides is 2. The molecule has 5 rings (SSSR count). The Morgan fingerprint density at radius 2 is 1.74 bits per heavy atom. The number of aromatic nitrogens is 4. The molecule has 0 bridgehead atoms. The third-order valence-electron chi connectivity index (χ3n) is 6.53. The van der Waals surface area contributed by atoms with Crippen molar-refractivity contribution < 1.29 is 22.8 Å². The highest BCUT2D eigenvalue weighted by atomic mass is 19.4. The van der Waals surface area contributed by atoms with Crippen LogP contribution in [0, 0.1) is 0 Å². The minimum atomic E-state index is -4.46. The Labute approximate surface area is 220 Å². The number of para-hydroxylation sites is 1. The molecule has 1 aliphatic rings. The summed E-state index contributed by atoms with van der Waals surface area (Å²) >= 11 is 0. The highest BCUT2D eigenvalue weighted by molar-refractivity contribution is 6.06. The Balaban J connectivity index is 1.12. The smallest absolute Gasteiger partial charge is 0.366 e. The summed E-state index contributed by atoms with van der Waals surface area (Å²) in [6.07, 6.45) is -1.31. The minimum Gasteiger partial charge on any atom is -0.366 e. The van der Waals surface area contributed by atoms with Gasteiger partial charge in [0, 0.05) is 43.6 Å². The number of alkyl halides is 3. The number of nitrogens with two attached hydrogens (primary N) is 1. The number of hydrogen-bond acceptors (Lipinski definition) is 7. The second-order valence-electron chi connectivity index (χ2n) is 9.29. The van der Waals surface area contributed by atoms with Crippen molar-refractivity contribution in [3.63, 3.8) is 0 Å². The summed E-state index contributed by atoms with van der Waals surface area (Å²) in [6, 6.07) is 12.3. The van der Waals surface area contributed by atoms with Gasteiger partial charge in [-0.05, 0) is 42.7 Å². The molecule has 0 atom stereocenters. The number of H-pyrrole nitrogens is 1. The number of halogens is 3. The van der Waals surface area contributed by atoms with Gasteiger partial charge in [-0.15, -0.1) is 0 Å². The zero-order valence-corrected chi connectivity index (χ0v) is 20.6. The fourth-order valence-electron chi connectivity index (χ4n) is 4.46. The predicted octanol–water partition coefficient (Wildman–Crippen LogP) is 3.80. The van der Waals surface area contributed by atoms with Crippen molar-refractivity contribution in [3.8, 4) is 0 Å². The van der Waals surface area contributed by atoms with Crippen LogP contribution in [-0.2, 0) is 12.7 Å². The van der Waals surface area contributed by atoms with E-state index in [1.54, 1.807) is 30.3 Å². The maximum atomic E-state index is 12.7. The summed E-state index contributed by atoms with van der Waals surface area (Å²) in [5, 5.41) is 5.82. The number of hydrogen-bond donors (Lipinski definition) is 4. The summed E-state index contributed by atoms with van der Waals surface area (Å²) in [5.74, 6) is -0.551. The molecule has 10 nitrogen and oxygen atoms in total. The van der Waals surface area contributed by atoms with Crippen LogP contribution in [0.3, 0.4) is 0 Å². The lowest BCUT2D eigenvalue weighted by atomic mass is 10.0. The number of aromatic amines is 1. The Morgan fingerprint density at radius 1 is 1.05 bits per heavy atom. The lowest BCUT2D eigenvalue weighted by molar-refractivity contribution is -0.138. The molecule has 1 aliphatic heterocycles. The van der Waals surface area contributed by atoms with Gasteiger partial charge in [0.05, 0.1) is 16.6 Å². The molecule has 202 valence electrons. The van der Waals surface area contributed by atoms with Gasteiger partial charge in [0.2, 0.25) is 11.9 Å². The number of nitrogens with zero attached hydrogens (tertiary/aromatic N) is 4. The van der Waals surface area contributed by atoms with Crippen molar-refractivity contribution in [2.45, 2.75) is 31.6 Å². The van der Waals surface area contributed by atoms with E-state index in [1.165, 1.54) is 0 Å². The number of piperidine rings is 1. The number of fused-ring (bicyclic) bond motifs is 1. The summed E-state index contributed by atoms with van der Waals surface area (Å²) < 4.78 is 38.0. The number of likely N-dealkylation sites (tertiary alicyclic amines) is 1. The molecule has 0 saturated carbocycles. The predicted molar refractivity (Wildman–Crippen MR) is 138 cm³/mol. The Kier molecular flexibility index (Phi) is 7.15. The van der Waals surface area contributed by atoms with E-state index in [-0.39, 0.29) is 29.4 Å². The normalized spacial score (nSPS) is 14.8. The van der Waals surface area contributed by atoms with Crippen molar-refractivity contribution in [2.24, 2.45) is 5.73 Å². The van der Waals surface area contributed by atoms with Crippen molar-refractivity contribution in [1.82, 2.24) is 24.8 Å². The number of nitrogens with one attached hydrogen (secondary N) is 3. The second-order valence-corrected chi connectivity index (χ2v) is 9.29. The van der Waals surface area contributed by atoms with Gasteiger partial charge in [0.15, 0.2) is 0 Å². The summed E-state index contributed by atoms with van der Waals surface area (Å²) in [7, 11) is 0. The molecule has 39 heavy (non-hydrogen) atoms. The fraction of sp³-hybridized carbons (Fsp3) is 0.269. The van der Waals surface area contributed by atoms with E-state index in [1.807, 2.05) is 12.1 Å². The summed E-state index contributed by atoms with van der Waals surface area (Å²) in [5.41, 5.74) is 7.25. The molecule has 0 spiro atoms. The van der Waals surface area contributed by atoms with E-state index in [0.29, 0.717) is 23.1 Å². The minimum absolute atomic E-state index is 0.0707. The molecular weight excluding hydrogens is 513 g/mol. The number of benzene rings is 2. The van der Waals surface area contributed by atoms with Crippen LogP contribution < -0.4 is 16.4 Å². The number of carbonyl (C=O) groups excluding carboxylic acids is 2. The molecule has 1 saturated heterocycles. The lowest BCUT2D eigenvalue weighted by Gasteiger charge is -2.32. The molecule has 2 amide bonds. The van der Waals surface area contributed by atoms with Gasteiger partial charge in [-0.2, -0.15) is 13.2 Å². The van der Waals surface area contributed by atoms with Crippen LogP contribution in [0.5, 0.6) is 0 Å². The van der Waals surface area contributed by atoms with Crippen LogP contribution in [0.2, 0.25) is 0 Å². The van der Waals surface area contributed by atoms with Gasteiger partial charge in [0.25, 0.3) is 11.8 Å². The lowest BCUT2D eigenvalue weighted by Crippen LogP contribution is -2.39. The van der Waals surface area contributed by atoms with E-state index in [4.69, 9.17) is 5.73 Å². The second kappa shape index (κ2) is 10.7. The van der Waals surface area contributed by atoms with E-state index >= 15 is 0 Å². The van der Waals surface area contributed by atoms with Crippen LogP contribution in [0.4, 0.5) is 25.1 Å². The monoisotopic (exact) mass is 538 g/mol. The topological polar surface area (TPSA) is 142 Å². The van der Waals surface area contributed by atoms with Crippen molar-refractivity contribution in [1.29, 1.82) is 0 Å². The molecule has 5 N–H and O–H groups in total. The highest BCUT2D eigenvalue weighted by Gasteiger charge is 2.31. The number of anilines is 2. The average Bonchev–Trinajstić information content (AvgIpc) is 3.32. The van der Waals surface area contributed by atoms with Gasteiger partial charge >= 0.3 is 6.18 Å².